The summed E-state index contributed by atoms with van der Waals surface area (Å²) in [7, 11) is 0. The Kier molecular flexibility index (Phi) is 4.12. The number of para-hydroxylation sites is 1. The number of alkyl halides is 3. The van der Waals surface area contributed by atoms with Gasteiger partial charge in [-0.1, -0.05) is 18.2 Å². The molecule has 0 aliphatic heterocycles. The summed E-state index contributed by atoms with van der Waals surface area (Å²) in [5.74, 6) is -0.633. The van der Waals surface area contributed by atoms with E-state index >= 15 is 0 Å². The highest BCUT2D eigenvalue weighted by atomic mass is 19.4. The van der Waals surface area contributed by atoms with E-state index in [9.17, 15) is 17.6 Å². The van der Waals surface area contributed by atoms with Gasteiger partial charge >= 0.3 is 6.36 Å². The van der Waals surface area contributed by atoms with Crippen molar-refractivity contribution in [1.29, 1.82) is 0 Å². The van der Waals surface area contributed by atoms with Crippen molar-refractivity contribution in [2.24, 2.45) is 0 Å². The van der Waals surface area contributed by atoms with Gasteiger partial charge in [-0.15, -0.1) is 13.2 Å². The van der Waals surface area contributed by atoms with Gasteiger partial charge in [0.1, 0.15) is 11.6 Å². The molecule has 2 nitrogen and oxygen atoms in total. The van der Waals surface area contributed by atoms with E-state index in [2.05, 4.69) is 10.1 Å². The molecule has 0 radical (unpaired) electrons. The van der Waals surface area contributed by atoms with Gasteiger partial charge in [0.05, 0.1) is 0 Å². The summed E-state index contributed by atoms with van der Waals surface area (Å²) in [6, 6.07) is 11.4. The van der Waals surface area contributed by atoms with Crippen molar-refractivity contribution in [2.45, 2.75) is 12.9 Å². The van der Waals surface area contributed by atoms with Crippen LogP contribution in [-0.4, -0.2) is 6.36 Å². The Morgan fingerprint density at radius 2 is 1.60 bits per heavy atom. The molecule has 0 aliphatic rings. The third kappa shape index (κ3) is 4.15. The lowest BCUT2D eigenvalue weighted by Crippen LogP contribution is -2.18. The van der Waals surface area contributed by atoms with Crippen LogP contribution in [0.4, 0.5) is 23.2 Å². The van der Waals surface area contributed by atoms with E-state index in [-0.39, 0.29) is 18.1 Å². The number of hydrogen-bond acceptors (Lipinski definition) is 2. The SMILES string of the molecule is Fc1ccc(NCc2ccccc2OC(F)(F)F)cc1. The molecule has 20 heavy (non-hydrogen) atoms. The largest absolute Gasteiger partial charge is 0.573 e. The summed E-state index contributed by atoms with van der Waals surface area (Å²) in [6.45, 7) is 0.137. The minimum atomic E-state index is -4.73. The Morgan fingerprint density at radius 1 is 0.950 bits per heavy atom. The molecule has 0 aliphatic carbocycles. The van der Waals surface area contributed by atoms with Crippen molar-refractivity contribution < 1.29 is 22.3 Å². The molecule has 0 fully saturated rings. The van der Waals surface area contributed by atoms with E-state index in [0.717, 1.165) is 0 Å². The molecule has 0 atom stereocenters. The van der Waals surface area contributed by atoms with Crippen LogP contribution in [0.1, 0.15) is 5.56 Å². The third-order valence-electron chi connectivity index (χ3n) is 2.53. The van der Waals surface area contributed by atoms with Crippen LogP contribution in [0.5, 0.6) is 5.75 Å². The zero-order valence-corrected chi connectivity index (χ0v) is 10.2. The molecule has 2 rings (SSSR count). The Balaban J connectivity index is 2.07. The van der Waals surface area contributed by atoms with Gasteiger partial charge in [-0.05, 0) is 30.3 Å². The normalized spacial score (nSPS) is 11.2. The first-order valence-corrected chi connectivity index (χ1v) is 5.77. The monoisotopic (exact) mass is 285 g/mol. The molecule has 1 N–H and O–H groups in total. The van der Waals surface area contributed by atoms with E-state index in [1.165, 1.54) is 42.5 Å². The molecular formula is C14H11F4NO. The quantitative estimate of drug-likeness (QED) is 0.844. The van der Waals surface area contributed by atoms with Crippen LogP contribution < -0.4 is 10.1 Å². The maximum absolute atomic E-state index is 12.7. The Morgan fingerprint density at radius 3 is 2.25 bits per heavy atom. The number of hydrogen-bond donors (Lipinski definition) is 1. The second-order valence-corrected chi connectivity index (χ2v) is 4.02. The first kappa shape index (κ1) is 14.2. The van der Waals surface area contributed by atoms with E-state index in [1.54, 1.807) is 6.07 Å². The van der Waals surface area contributed by atoms with E-state index < -0.39 is 6.36 Å². The summed E-state index contributed by atoms with van der Waals surface area (Å²) in [4.78, 5) is 0. The minimum absolute atomic E-state index is 0.137. The fourth-order valence-corrected chi connectivity index (χ4v) is 1.64. The standard InChI is InChI=1S/C14H11F4NO/c15-11-5-7-12(8-6-11)19-9-10-3-1-2-4-13(10)20-14(16,17)18/h1-8,19H,9H2. The molecule has 0 heterocycles. The van der Waals surface area contributed by atoms with Crippen molar-refractivity contribution in [3.8, 4) is 5.75 Å². The zero-order chi connectivity index (χ0) is 14.6. The molecule has 106 valence electrons. The van der Waals surface area contributed by atoms with Gasteiger partial charge in [-0.2, -0.15) is 0 Å². The van der Waals surface area contributed by atoms with Crippen LogP contribution in [0.3, 0.4) is 0 Å². The third-order valence-corrected chi connectivity index (χ3v) is 2.53. The van der Waals surface area contributed by atoms with E-state index in [0.29, 0.717) is 11.3 Å². The second-order valence-electron chi connectivity index (χ2n) is 4.02. The fraction of sp³-hybridized carbons (Fsp3) is 0.143. The molecule has 0 aromatic heterocycles. The van der Waals surface area contributed by atoms with Gasteiger partial charge in [0.25, 0.3) is 0 Å². The second kappa shape index (κ2) is 5.81. The number of halogens is 4. The van der Waals surface area contributed by atoms with Crippen LogP contribution in [0, 0.1) is 5.82 Å². The topological polar surface area (TPSA) is 21.3 Å². The highest BCUT2D eigenvalue weighted by Gasteiger charge is 2.31. The number of ether oxygens (including phenoxy) is 1. The Labute approximate surface area is 113 Å². The summed E-state index contributed by atoms with van der Waals surface area (Å²) >= 11 is 0. The fourth-order valence-electron chi connectivity index (χ4n) is 1.64. The minimum Gasteiger partial charge on any atom is -0.405 e. The summed E-state index contributed by atoms with van der Waals surface area (Å²) in [5, 5.41) is 2.90. The maximum atomic E-state index is 12.7. The van der Waals surface area contributed by atoms with E-state index in [4.69, 9.17) is 0 Å². The van der Waals surface area contributed by atoms with Crippen molar-refractivity contribution in [3.63, 3.8) is 0 Å². The van der Waals surface area contributed by atoms with Crippen LogP contribution in [0.25, 0.3) is 0 Å². The average molecular weight is 285 g/mol. The predicted octanol–water partition coefficient (Wildman–Crippen LogP) is 4.34. The smallest absolute Gasteiger partial charge is 0.405 e. The molecule has 0 amide bonds. The van der Waals surface area contributed by atoms with Crippen LogP contribution in [0.2, 0.25) is 0 Å². The highest BCUT2D eigenvalue weighted by Crippen LogP contribution is 2.26. The van der Waals surface area contributed by atoms with Crippen molar-refractivity contribution in [1.82, 2.24) is 0 Å². The van der Waals surface area contributed by atoms with Gasteiger partial charge < -0.3 is 10.1 Å². The maximum Gasteiger partial charge on any atom is 0.573 e. The predicted molar refractivity (Wildman–Crippen MR) is 66.9 cm³/mol. The van der Waals surface area contributed by atoms with Gasteiger partial charge in [-0.3, -0.25) is 0 Å². The lowest BCUT2D eigenvalue weighted by Gasteiger charge is -2.14. The average Bonchev–Trinajstić information content (AvgIpc) is 2.38. The number of anilines is 1. The summed E-state index contributed by atoms with van der Waals surface area (Å²) < 4.78 is 53.4. The lowest BCUT2D eigenvalue weighted by molar-refractivity contribution is -0.274. The lowest BCUT2D eigenvalue weighted by atomic mass is 10.2. The molecule has 0 bridgehead atoms. The van der Waals surface area contributed by atoms with Gasteiger partial charge in [0.15, 0.2) is 0 Å². The molecule has 0 spiro atoms. The van der Waals surface area contributed by atoms with Crippen molar-refractivity contribution in [3.05, 3.63) is 59.9 Å². The van der Waals surface area contributed by atoms with Gasteiger partial charge in [-0.25, -0.2) is 4.39 Å². The molecule has 2 aromatic carbocycles. The molecule has 6 heteroatoms. The van der Waals surface area contributed by atoms with Crippen LogP contribution in [-0.2, 0) is 6.54 Å². The van der Waals surface area contributed by atoms with Gasteiger partial charge in [0.2, 0.25) is 0 Å². The molecule has 0 saturated carbocycles. The Bertz CT molecular complexity index is 566. The molecule has 0 saturated heterocycles. The van der Waals surface area contributed by atoms with Crippen molar-refractivity contribution in [2.75, 3.05) is 5.32 Å². The van der Waals surface area contributed by atoms with Crippen LogP contribution >= 0.6 is 0 Å². The van der Waals surface area contributed by atoms with Crippen molar-refractivity contribution >= 4 is 5.69 Å². The molecule has 2 aromatic rings. The number of rotatable bonds is 4. The van der Waals surface area contributed by atoms with Gasteiger partial charge in [0, 0.05) is 17.8 Å². The first-order chi connectivity index (χ1) is 9.44. The molecular weight excluding hydrogens is 274 g/mol. The zero-order valence-electron chi connectivity index (χ0n) is 10.2. The molecule has 0 unspecified atom stereocenters. The van der Waals surface area contributed by atoms with E-state index in [1.807, 2.05) is 0 Å². The highest BCUT2D eigenvalue weighted by molar-refractivity contribution is 5.45. The summed E-state index contributed by atoms with van der Waals surface area (Å²) in [5.41, 5.74) is 0.961. The number of nitrogens with one attached hydrogen (secondary N) is 1. The Hall–Kier alpha value is -2.24. The first-order valence-electron chi connectivity index (χ1n) is 5.77. The number of benzene rings is 2. The van der Waals surface area contributed by atoms with Crippen LogP contribution in [0.15, 0.2) is 48.5 Å². The summed E-state index contributed by atoms with van der Waals surface area (Å²) in [6.07, 6.45) is -4.73.